The number of aliphatic hydroxyl groups is 4. The molecule has 4 N–H and O–H groups in total. The molecule has 0 fully saturated rings. The molecule has 1 unspecified atom stereocenters. The predicted octanol–water partition coefficient (Wildman–Crippen LogP) is -1.45. The van der Waals surface area contributed by atoms with Gasteiger partial charge in [0.2, 0.25) is 0 Å². The Labute approximate surface area is 52.7 Å². The smallest absolute Gasteiger partial charge is 0.309 e. The maximum atomic E-state index is 8.79. The Hall–Kier alpha value is -0.420. The minimum Gasteiger partial charge on any atom is -0.378 e. The average molecular weight is 134 g/mol. The fraction of sp³-hybridized carbons (Fsp3) is 0.600. The third kappa shape index (κ3) is 1.76. The van der Waals surface area contributed by atoms with Gasteiger partial charge in [0.1, 0.15) is 0 Å². The Morgan fingerprint density at radius 3 is 1.56 bits per heavy atom. The SMILES string of the molecule is C=CC(C)(O)C(O)(O)O. The first-order valence-corrected chi connectivity index (χ1v) is 2.34. The zero-order valence-electron chi connectivity index (χ0n) is 5.07. The molecule has 0 saturated heterocycles. The van der Waals surface area contributed by atoms with Gasteiger partial charge in [-0.2, -0.15) is 0 Å². The van der Waals surface area contributed by atoms with Gasteiger partial charge in [-0.15, -0.1) is 0 Å². The highest BCUT2D eigenvalue weighted by Crippen LogP contribution is 2.16. The maximum absolute atomic E-state index is 8.79. The third-order valence-electron chi connectivity index (χ3n) is 1.08. The van der Waals surface area contributed by atoms with Crippen LogP contribution in [0.3, 0.4) is 0 Å². The van der Waals surface area contributed by atoms with Crippen LogP contribution in [0.2, 0.25) is 0 Å². The molecule has 0 bridgehead atoms. The van der Waals surface area contributed by atoms with Crippen LogP contribution in [0.5, 0.6) is 0 Å². The summed E-state index contributed by atoms with van der Waals surface area (Å²) in [5.41, 5.74) is -2.09. The van der Waals surface area contributed by atoms with E-state index in [-0.39, 0.29) is 0 Å². The van der Waals surface area contributed by atoms with E-state index in [0.29, 0.717) is 0 Å². The molecule has 0 aliphatic carbocycles. The highest BCUT2D eigenvalue weighted by molar-refractivity contribution is 4.96. The quantitative estimate of drug-likeness (QED) is 0.275. The fourth-order valence-electron chi connectivity index (χ4n) is 0.137. The largest absolute Gasteiger partial charge is 0.378 e. The zero-order chi connectivity index (χ0) is 7.71. The lowest BCUT2D eigenvalue weighted by molar-refractivity contribution is -0.374. The summed E-state index contributed by atoms with van der Waals surface area (Å²) in [5.74, 6) is -3.12. The molecule has 0 spiro atoms. The molecular weight excluding hydrogens is 124 g/mol. The lowest BCUT2D eigenvalue weighted by atomic mass is 10.1. The lowest BCUT2D eigenvalue weighted by Gasteiger charge is -2.28. The molecule has 0 amide bonds. The van der Waals surface area contributed by atoms with Gasteiger partial charge in [-0.25, -0.2) is 0 Å². The van der Waals surface area contributed by atoms with Gasteiger partial charge < -0.3 is 20.4 Å². The Kier molecular flexibility index (Phi) is 1.98. The lowest BCUT2D eigenvalue weighted by Crippen LogP contribution is -2.50. The van der Waals surface area contributed by atoms with Crippen LogP contribution in [0.25, 0.3) is 0 Å². The maximum Gasteiger partial charge on any atom is 0.309 e. The van der Waals surface area contributed by atoms with Gasteiger partial charge in [0.05, 0.1) is 0 Å². The van der Waals surface area contributed by atoms with Crippen molar-refractivity contribution in [2.45, 2.75) is 18.5 Å². The van der Waals surface area contributed by atoms with Crippen molar-refractivity contribution in [1.82, 2.24) is 0 Å². The van der Waals surface area contributed by atoms with Gasteiger partial charge in [-0.05, 0) is 6.92 Å². The Bertz CT molecular complexity index is 111. The summed E-state index contributed by atoms with van der Waals surface area (Å²) >= 11 is 0. The second kappa shape index (κ2) is 2.07. The van der Waals surface area contributed by atoms with Crippen LogP contribution in [0, 0.1) is 0 Å². The predicted molar refractivity (Wildman–Crippen MR) is 30.2 cm³/mol. The fourth-order valence-corrected chi connectivity index (χ4v) is 0.137. The van der Waals surface area contributed by atoms with Gasteiger partial charge in [0.25, 0.3) is 0 Å². The molecule has 0 rings (SSSR count). The van der Waals surface area contributed by atoms with E-state index in [1.165, 1.54) is 0 Å². The van der Waals surface area contributed by atoms with Crippen molar-refractivity contribution >= 4 is 0 Å². The molecule has 0 aromatic rings. The average Bonchev–Trinajstić information content (AvgIpc) is 1.64. The molecule has 0 radical (unpaired) electrons. The molecule has 9 heavy (non-hydrogen) atoms. The molecule has 1 atom stereocenters. The van der Waals surface area contributed by atoms with E-state index in [0.717, 1.165) is 13.0 Å². The second-order valence-corrected chi connectivity index (χ2v) is 1.99. The minimum atomic E-state index is -3.12. The van der Waals surface area contributed by atoms with Crippen LogP contribution in [0.1, 0.15) is 6.92 Å². The summed E-state index contributed by atoms with van der Waals surface area (Å²) in [6.07, 6.45) is 0.826. The standard InChI is InChI=1S/C5H10O4/c1-3-4(2,6)5(7,8)9/h3,6-9H,1H2,2H3. The highest BCUT2D eigenvalue weighted by Gasteiger charge is 2.40. The van der Waals surface area contributed by atoms with E-state index >= 15 is 0 Å². The first-order chi connectivity index (χ1) is 3.81. The van der Waals surface area contributed by atoms with Crippen LogP contribution in [-0.4, -0.2) is 32.0 Å². The van der Waals surface area contributed by atoms with Crippen molar-refractivity contribution in [1.29, 1.82) is 0 Å². The first kappa shape index (κ1) is 8.58. The summed E-state index contributed by atoms with van der Waals surface area (Å²) in [5, 5.41) is 33.8. The number of hydrogen-bond acceptors (Lipinski definition) is 4. The molecule has 0 aliphatic heterocycles. The van der Waals surface area contributed by atoms with Crippen LogP contribution in [0.4, 0.5) is 0 Å². The van der Waals surface area contributed by atoms with Crippen molar-refractivity contribution in [3.63, 3.8) is 0 Å². The topological polar surface area (TPSA) is 80.9 Å². The van der Waals surface area contributed by atoms with Crippen molar-refractivity contribution < 1.29 is 20.4 Å². The van der Waals surface area contributed by atoms with Gasteiger partial charge in [-0.1, -0.05) is 12.7 Å². The summed E-state index contributed by atoms with van der Waals surface area (Å²) in [6, 6.07) is 0. The van der Waals surface area contributed by atoms with E-state index in [9.17, 15) is 0 Å². The molecule has 0 aliphatic rings. The van der Waals surface area contributed by atoms with E-state index in [1.54, 1.807) is 0 Å². The van der Waals surface area contributed by atoms with Gasteiger partial charge in [0, 0.05) is 0 Å². The summed E-state index contributed by atoms with van der Waals surface area (Å²) in [7, 11) is 0. The Morgan fingerprint density at radius 1 is 1.22 bits per heavy atom. The van der Waals surface area contributed by atoms with Crippen LogP contribution < -0.4 is 0 Å². The highest BCUT2D eigenvalue weighted by atomic mass is 16.7. The summed E-state index contributed by atoms with van der Waals surface area (Å²) in [4.78, 5) is 0. The number of hydrogen-bond donors (Lipinski definition) is 4. The number of rotatable bonds is 2. The van der Waals surface area contributed by atoms with Gasteiger partial charge >= 0.3 is 5.97 Å². The Balaban J connectivity index is 4.32. The van der Waals surface area contributed by atoms with Crippen molar-refractivity contribution in [3.8, 4) is 0 Å². The molecule has 0 saturated carbocycles. The molecule has 0 heterocycles. The van der Waals surface area contributed by atoms with E-state index in [2.05, 4.69) is 6.58 Å². The van der Waals surface area contributed by atoms with Crippen molar-refractivity contribution in [3.05, 3.63) is 12.7 Å². The zero-order valence-corrected chi connectivity index (χ0v) is 5.07. The van der Waals surface area contributed by atoms with E-state index in [4.69, 9.17) is 20.4 Å². The third-order valence-corrected chi connectivity index (χ3v) is 1.08. The minimum absolute atomic E-state index is 0.826. The molecule has 0 aromatic heterocycles. The van der Waals surface area contributed by atoms with Crippen molar-refractivity contribution in [2.75, 3.05) is 0 Å². The van der Waals surface area contributed by atoms with Gasteiger partial charge in [-0.3, -0.25) is 0 Å². The van der Waals surface area contributed by atoms with Gasteiger partial charge in [0.15, 0.2) is 5.60 Å². The molecular formula is C5H10O4. The van der Waals surface area contributed by atoms with Crippen LogP contribution in [0.15, 0.2) is 12.7 Å². The normalized spacial score (nSPS) is 18.8. The molecule has 54 valence electrons. The molecule has 0 aromatic carbocycles. The molecule has 4 nitrogen and oxygen atoms in total. The summed E-state index contributed by atoms with van der Waals surface area (Å²) < 4.78 is 0. The summed E-state index contributed by atoms with van der Waals surface area (Å²) in [6.45, 7) is 4.08. The second-order valence-electron chi connectivity index (χ2n) is 1.99. The van der Waals surface area contributed by atoms with E-state index in [1.807, 2.05) is 0 Å². The molecule has 4 heteroatoms. The van der Waals surface area contributed by atoms with Crippen LogP contribution >= 0.6 is 0 Å². The van der Waals surface area contributed by atoms with Crippen molar-refractivity contribution in [2.24, 2.45) is 0 Å². The monoisotopic (exact) mass is 134 g/mol. The Morgan fingerprint density at radius 2 is 1.56 bits per heavy atom. The first-order valence-electron chi connectivity index (χ1n) is 2.34. The van der Waals surface area contributed by atoms with E-state index < -0.39 is 11.6 Å². The van der Waals surface area contributed by atoms with Crippen LogP contribution in [-0.2, 0) is 0 Å².